The van der Waals surface area contributed by atoms with Crippen LogP contribution in [-0.4, -0.2) is 24.0 Å². The Bertz CT molecular complexity index is 967. The van der Waals surface area contributed by atoms with Gasteiger partial charge in [-0.25, -0.2) is 0 Å². The lowest BCUT2D eigenvalue weighted by molar-refractivity contribution is 0.102. The molecule has 3 aromatic rings. The summed E-state index contributed by atoms with van der Waals surface area (Å²) in [4.78, 5) is 12.5. The number of hydrogen-bond donors (Lipinski definition) is 1. The van der Waals surface area contributed by atoms with Crippen molar-refractivity contribution in [1.29, 1.82) is 0 Å². The minimum Gasteiger partial charge on any atom is -0.494 e. The summed E-state index contributed by atoms with van der Waals surface area (Å²) in [7, 11) is 0. The number of carbonyl (C=O) groups excluding carboxylic acids is 1. The Hall–Kier alpha value is -2.57. The first-order chi connectivity index (χ1) is 14.7. The highest BCUT2D eigenvalue weighted by atomic mass is 32.2. The molecule has 154 valence electrons. The van der Waals surface area contributed by atoms with Crippen molar-refractivity contribution in [3.05, 3.63) is 83.9 Å². The van der Waals surface area contributed by atoms with Crippen molar-refractivity contribution < 1.29 is 14.3 Å². The van der Waals surface area contributed by atoms with E-state index in [-0.39, 0.29) is 5.91 Å². The van der Waals surface area contributed by atoms with Gasteiger partial charge in [-0.1, -0.05) is 12.1 Å². The third-order valence-electron chi connectivity index (χ3n) is 4.55. The second kappa shape index (κ2) is 9.96. The first-order valence-electron chi connectivity index (χ1n) is 9.86. The van der Waals surface area contributed by atoms with E-state index in [2.05, 4.69) is 17.4 Å². The molecule has 0 bridgehead atoms. The molecule has 0 aromatic heterocycles. The Morgan fingerprint density at radius 3 is 2.03 bits per heavy atom. The van der Waals surface area contributed by atoms with Gasteiger partial charge in [0.15, 0.2) is 0 Å². The first-order valence-corrected chi connectivity index (χ1v) is 12.0. The molecule has 1 amide bonds. The molecule has 1 N–H and O–H groups in total. The van der Waals surface area contributed by atoms with Crippen LogP contribution in [0.2, 0.25) is 0 Å². The van der Waals surface area contributed by atoms with Crippen LogP contribution in [0.3, 0.4) is 0 Å². The average molecular weight is 438 g/mol. The van der Waals surface area contributed by atoms with E-state index in [1.165, 1.54) is 17.1 Å². The maximum Gasteiger partial charge on any atom is 0.255 e. The van der Waals surface area contributed by atoms with Crippen LogP contribution in [0.5, 0.6) is 17.2 Å². The maximum atomic E-state index is 12.5. The molecule has 1 aliphatic heterocycles. The van der Waals surface area contributed by atoms with Crippen LogP contribution in [0, 0.1) is 0 Å². The molecular weight excluding hydrogens is 414 g/mol. The van der Waals surface area contributed by atoms with E-state index in [4.69, 9.17) is 9.47 Å². The van der Waals surface area contributed by atoms with Crippen molar-refractivity contribution >= 4 is 35.1 Å². The second-order valence-corrected chi connectivity index (χ2v) is 9.40. The van der Waals surface area contributed by atoms with Crippen LogP contribution >= 0.6 is 23.5 Å². The molecule has 4 rings (SSSR count). The van der Waals surface area contributed by atoms with Crippen LogP contribution in [0.25, 0.3) is 0 Å². The predicted molar refractivity (Wildman–Crippen MR) is 126 cm³/mol. The molecule has 1 saturated heterocycles. The molecular formula is C24H23NO3S2. The van der Waals surface area contributed by atoms with E-state index in [1.54, 1.807) is 0 Å². The summed E-state index contributed by atoms with van der Waals surface area (Å²) >= 11 is 3.92. The fraction of sp³-hybridized carbons (Fsp3) is 0.208. The van der Waals surface area contributed by atoms with Gasteiger partial charge in [0.2, 0.25) is 0 Å². The van der Waals surface area contributed by atoms with Gasteiger partial charge in [-0.05, 0) is 73.2 Å². The van der Waals surface area contributed by atoms with Crippen molar-refractivity contribution in [2.45, 2.75) is 11.5 Å². The predicted octanol–water partition coefficient (Wildman–Crippen LogP) is 6.61. The summed E-state index contributed by atoms with van der Waals surface area (Å²) in [6.07, 6.45) is 0. The third kappa shape index (κ3) is 5.32. The monoisotopic (exact) mass is 437 g/mol. The average Bonchev–Trinajstić information content (AvgIpc) is 3.32. The van der Waals surface area contributed by atoms with Gasteiger partial charge in [0, 0.05) is 22.8 Å². The lowest BCUT2D eigenvalue weighted by atomic mass is 10.1. The standard InChI is InChI=1S/C24H23NO3S2/c1-2-27-20-11-13-22(14-12-20)28-21-9-7-19(8-10-21)25-23(26)17-3-5-18(6-4-17)24-29-15-16-30-24/h3-14,24H,2,15-16H2,1H3,(H,25,26). The normalized spacial score (nSPS) is 13.8. The highest BCUT2D eigenvalue weighted by Crippen LogP contribution is 2.45. The Balaban J connectivity index is 1.34. The minimum absolute atomic E-state index is 0.117. The molecule has 0 spiro atoms. The molecule has 30 heavy (non-hydrogen) atoms. The lowest BCUT2D eigenvalue weighted by Crippen LogP contribution is -2.11. The van der Waals surface area contributed by atoms with Gasteiger partial charge >= 0.3 is 0 Å². The molecule has 4 nitrogen and oxygen atoms in total. The molecule has 0 radical (unpaired) electrons. The quantitative estimate of drug-likeness (QED) is 0.451. The number of anilines is 1. The van der Waals surface area contributed by atoms with Crippen LogP contribution in [-0.2, 0) is 0 Å². The van der Waals surface area contributed by atoms with Gasteiger partial charge in [-0.15, -0.1) is 23.5 Å². The summed E-state index contributed by atoms with van der Waals surface area (Å²) in [5.41, 5.74) is 2.65. The maximum absolute atomic E-state index is 12.5. The largest absolute Gasteiger partial charge is 0.494 e. The van der Waals surface area contributed by atoms with Crippen LogP contribution in [0.4, 0.5) is 5.69 Å². The van der Waals surface area contributed by atoms with Crippen LogP contribution in [0.1, 0.15) is 27.4 Å². The fourth-order valence-electron chi connectivity index (χ4n) is 3.06. The lowest BCUT2D eigenvalue weighted by Gasteiger charge is -2.10. The molecule has 6 heteroatoms. The number of benzene rings is 3. The zero-order valence-electron chi connectivity index (χ0n) is 16.7. The summed E-state index contributed by atoms with van der Waals surface area (Å²) in [6.45, 7) is 2.59. The molecule has 0 atom stereocenters. The van der Waals surface area contributed by atoms with Gasteiger partial charge in [0.05, 0.1) is 11.2 Å². The SMILES string of the molecule is CCOc1ccc(Oc2ccc(NC(=O)c3ccc(C4SCCS4)cc3)cc2)cc1. The number of rotatable bonds is 7. The highest BCUT2D eigenvalue weighted by molar-refractivity contribution is 8.19. The fourth-order valence-corrected chi connectivity index (χ4v) is 5.92. The van der Waals surface area contributed by atoms with Gasteiger partial charge in [0.1, 0.15) is 17.2 Å². The number of hydrogen-bond acceptors (Lipinski definition) is 5. The number of thioether (sulfide) groups is 2. The highest BCUT2D eigenvalue weighted by Gasteiger charge is 2.18. The molecule has 3 aromatic carbocycles. The van der Waals surface area contributed by atoms with Crippen LogP contribution < -0.4 is 14.8 Å². The van der Waals surface area contributed by atoms with Gasteiger partial charge in [0.25, 0.3) is 5.91 Å². The van der Waals surface area contributed by atoms with Crippen molar-refractivity contribution in [3.8, 4) is 17.2 Å². The number of carbonyl (C=O) groups is 1. The smallest absolute Gasteiger partial charge is 0.255 e. The topological polar surface area (TPSA) is 47.6 Å². The zero-order chi connectivity index (χ0) is 20.8. The Labute approximate surface area is 185 Å². The number of amides is 1. The second-order valence-electron chi connectivity index (χ2n) is 6.68. The molecule has 1 aliphatic rings. The minimum atomic E-state index is -0.117. The Morgan fingerprint density at radius 2 is 1.43 bits per heavy atom. The molecule has 0 unspecified atom stereocenters. The summed E-state index contributed by atoms with van der Waals surface area (Å²) in [5, 5.41) is 2.94. The van der Waals surface area contributed by atoms with Gasteiger partial charge in [-0.3, -0.25) is 4.79 Å². The van der Waals surface area contributed by atoms with E-state index >= 15 is 0 Å². The molecule has 0 saturated carbocycles. The molecule has 0 aliphatic carbocycles. The van der Waals surface area contributed by atoms with E-state index < -0.39 is 0 Å². The third-order valence-corrected chi connectivity index (χ3v) is 7.65. The number of ether oxygens (including phenoxy) is 2. The van der Waals surface area contributed by atoms with Crippen molar-refractivity contribution in [3.63, 3.8) is 0 Å². The van der Waals surface area contributed by atoms with Gasteiger partial charge < -0.3 is 14.8 Å². The van der Waals surface area contributed by atoms with Crippen molar-refractivity contribution in [2.24, 2.45) is 0 Å². The van der Waals surface area contributed by atoms with E-state index in [1.807, 2.05) is 91.1 Å². The van der Waals surface area contributed by atoms with Crippen molar-refractivity contribution in [2.75, 3.05) is 23.4 Å². The zero-order valence-corrected chi connectivity index (χ0v) is 18.3. The van der Waals surface area contributed by atoms with E-state index in [0.717, 1.165) is 17.2 Å². The Morgan fingerprint density at radius 1 is 0.867 bits per heavy atom. The van der Waals surface area contributed by atoms with Crippen molar-refractivity contribution in [1.82, 2.24) is 0 Å². The number of nitrogens with one attached hydrogen (secondary N) is 1. The van der Waals surface area contributed by atoms with Gasteiger partial charge in [-0.2, -0.15) is 0 Å². The van der Waals surface area contributed by atoms with Crippen LogP contribution in [0.15, 0.2) is 72.8 Å². The van der Waals surface area contributed by atoms with E-state index in [9.17, 15) is 4.79 Å². The Kier molecular flexibility index (Phi) is 6.87. The summed E-state index contributed by atoms with van der Waals surface area (Å²) in [5.74, 6) is 4.51. The molecule has 1 heterocycles. The summed E-state index contributed by atoms with van der Waals surface area (Å²) < 4.78 is 11.8. The van der Waals surface area contributed by atoms with E-state index in [0.29, 0.717) is 22.5 Å². The first kappa shape index (κ1) is 20.7. The molecule has 1 fully saturated rings. The summed E-state index contributed by atoms with van der Waals surface area (Å²) in [6, 6.07) is 22.7.